The van der Waals surface area contributed by atoms with Crippen molar-refractivity contribution in [1.82, 2.24) is 15.5 Å². The van der Waals surface area contributed by atoms with Crippen LogP contribution in [0.25, 0.3) is 0 Å². The van der Waals surface area contributed by atoms with Gasteiger partial charge in [0.25, 0.3) is 5.91 Å². The standard InChI is InChI=1S/C19H29N3O4/c1-14-12-16(15-4-2-5-20-13-15)26-19(24)17(14)18(23)21-6-3-7-22-8-10-25-11-9-22/h12,15,20H,2-11,13H2,1H3,(H,21,23). The van der Waals surface area contributed by atoms with Crippen LogP contribution < -0.4 is 16.3 Å². The summed E-state index contributed by atoms with van der Waals surface area (Å²) in [5.74, 6) is 0.552. The molecule has 7 heteroatoms. The molecule has 2 saturated heterocycles. The van der Waals surface area contributed by atoms with Crippen LogP contribution in [0.3, 0.4) is 0 Å². The molecule has 0 radical (unpaired) electrons. The lowest BCUT2D eigenvalue weighted by Gasteiger charge is -2.26. The number of rotatable bonds is 6. The van der Waals surface area contributed by atoms with Gasteiger partial charge in [0.2, 0.25) is 0 Å². The monoisotopic (exact) mass is 363 g/mol. The molecule has 0 saturated carbocycles. The van der Waals surface area contributed by atoms with Crippen molar-refractivity contribution in [3.05, 3.63) is 33.4 Å². The molecule has 2 fully saturated rings. The molecular formula is C19H29N3O4. The summed E-state index contributed by atoms with van der Waals surface area (Å²) in [7, 11) is 0. The van der Waals surface area contributed by atoms with Gasteiger partial charge in [0.05, 0.1) is 13.2 Å². The molecule has 0 aromatic carbocycles. The van der Waals surface area contributed by atoms with Crippen molar-refractivity contribution in [1.29, 1.82) is 0 Å². The molecule has 1 atom stereocenters. The minimum absolute atomic E-state index is 0.129. The van der Waals surface area contributed by atoms with Gasteiger partial charge in [-0.15, -0.1) is 0 Å². The van der Waals surface area contributed by atoms with Gasteiger partial charge in [-0.05, 0) is 50.9 Å². The third-order valence-corrected chi connectivity index (χ3v) is 5.13. The van der Waals surface area contributed by atoms with Gasteiger partial charge in [-0.2, -0.15) is 0 Å². The normalized spacial score (nSPS) is 21.5. The zero-order valence-corrected chi connectivity index (χ0v) is 15.5. The fourth-order valence-corrected chi connectivity index (χ4v) is 3.62. The maximum absolute atomic E-state index is 12.4. The number of carbonyl (C=O) groups excluding carboxylic acids is 1. The Morgan fingerprint density at radius 3 is 2.88 bits per heavy atom. The Morgan fingerprint density at radius 1 is 1.38 bits per heavy atom. The largest absolute Gasteiger partial charge is 0.427 e. The van der Waals surface area contributed by atoms with E-state index in [-0.39, 0.29) is 17.4 Å². The highest BCUT2D eigenvalue weighted by Gasteiger charge is 2.22. The van der Waals surface area contributed by atoms with Crippen molar-refractivity contribution in [2.45, 2.75) is 32.1 Å². The van der Waals surface area contributed by atoms with Crippen molar-refractivity contribution in [3.63, 3.8) is 0 Å². The van der Waals surface area contributed by atoms with Gasteiger partial charge in [0.1, 0.15) is 11.3 Å². The number of amides is 1. The highest BCUT2D eigenvalue weighted by molar-refractivity contribution is 5.95. The van der Waals surface area contributed by atoms with E-state index in [0.717, 1.165) is 65.2 Å². The lowest BCUT2D eigenvalue weighted by atomic mass is 9.95. The van der Waals surface area contributed by atoms with E-state index in [0.29, 0.717) is 17.9 Å². The first kappa shape index (κ1) is 19.1. The summed E-state index contributed by atoms with van der Waals surface area (Å²) in [6.45, 7) is 8.51. The van der Waals surface area contributed by atoms with Crippen LogP contribution in [-0.4, -0.2) is 63.3 Å². The van der Waals surface area contributed by atoms with E-state index in [4.69, 9.17) is 9.15 Å². The summed E-state index contributed by atoms with van der Waals surface area (Å²) in [4.78, 5) is 27.1. The van der Waals surface area contributed by atoms with Gasteiger partial charge in [0, 0.05) is 32.1 Å². The highest BCUT2D eigenvalue weighted by Crippen LogP contribution is 2.23. The number of nitrogens with one attached hydrogen (secondary N) is 2. The van der Waals surface area contributed by atoms with Gasteiger partial charge in [-0.25, -0.2) is 4.79 Å². The minimum Gasteiger partial charge on any atom is -0.427 e. The maximum atomic E-state index is 12.4. The number of aryl methyl sites for hydroxylation is 1. The lowest BCUT2D eigenvalue weighted by molar-refractivity contribution is 0.0374. The van der Waals surface area contributed by atoms with Crippen molar-refractivity contribution >= 4 is 5.91 Å². The maximum Gasteiger partial charge on any atom is 0.349 e. The van der Waals surface area contributed by atoms with Crippen molar-refractivity contribution in [2.75, 3.05) is 52.5 Å². The molecular weight excluding hydrogens is 334 g/mol. The third kappa shape index (κ3) is 4.93. The van der Waals surface area contributed by atoms with Crippen molar-refractivity contribution in [3.8, 4) is 0 Å². The SMILES string of the molecule is Cc1cc(C2CCCNC2)oc(=O)c1C(=O)NCCCN1CCOCC1. The van der Waals surface area contributed by atoms with E-state index in [1.165, 1.54) is 0 Å². The third-order valence-electron chi connectivity index (χ3n) is 5.13. The van der Waals surface area contributed by atoms with E-state index in [1.54, 1.807) is 6.92 Å². The number of piperidine rings is 1. The molecule has 0 spiro atoms. The molecule has 2 aliphatic heterocycles. The molecule has 2 aliphatic rings. The Labute approximate surface area is 154 Å². The minimum atomic E-state index is -0.531. The molecule has 1 aromatic rings. The summed E-state index contributed by atoms with van der Waals surface area (Å²) in [5, 5.41) is 6.17. The van der Waals surface area contributed by atoms with E-state index < -0.39 is 5.63 Å². The summed E-state index contributed by atoms with van der Waals surface area (Å²) in [6, 6.07) is 1.85. The molecule has 26 heavy (non-hydrogen) atoms. The number of ether oxygens (including phenoxy) is 1. The van der Waals surface area contributed by atoms with Crippen LogP contribution in [0.4, 0.5) is 0 Å². The average Bonchev–Trinajstić information content (AvgIpc) is 2.66. The first-order valence-electron chi connectivity index (χ1n) is 9.59. The number of hydrogen-bond acceptors (Lipinski definition) is 6. The summed E-state index contributed by atoms with van der Waals surface area (Å²) < 4.78 is 10.8. The molecule has 7 nitrogen and oxygen atoms in total. The average molecular weight is 363 g/mol. The first-order valence-corrected chi connectivity index (χ1v) is 9.59. The predicted molar refractivity (Wildman–Crippen MR) is 98.8 cm³/mol. The Kier molecular flexibility index (Phi) is 6.82. The van der Waals surface area contributed by atoms with Crippen LogP contribution in [0, 0.1) is 6.92 Å². The number of morpholine rings is 1. The Hall–Kier alpha value is -1.70. The van der Waals surface area contributed by atoms with E-state index >= 15 is 0 Å². The smallest absolute Gasteiger partial charge is 0.349 e. The second kappa shape index (κ2) is 9.30. The molecule has 2 N–H and O–H groups in total. The molecule has 1 amide bonds. The number of carbonyl (C=O) groups is 1. The fraction of sp³-hybridized carbons (Fsp3) is 0.684. The lowest BCUT2D eigenvalue weighted by Crippen LogP contribution is -2.38. The zero-order chi connectivity index (χ0) is 18.4. The zero-order valence-electron chi connectivity index (χ0n) is 15.5. The molecule has 3 rings (SSSR count). The Bertz CT molecular complexity index is 661. The molecule has 144 valence electrons. The van der Waals surface area contributed by atoms with Crippen LogP contribution in [0.5, 0.6) is 0 Å². The molecule has 1 unspecified atom stereocenters. The quantitative estimate of drug-likeness (QED) is 0.730. The Morgan fingerprint density at radius 2 is 2.19 bits per heavy atom. The second-order valence-electron chi connectivity index (χ2n) is 7.10. The first-order chi connectivity index (χ1) is 12.6. The predicted octanol–water partition coefficient (Wildman–Crippen LogP) is 0.867. The van der Waals surface area contributed by atoms with Gasteiger partial charge >= 0.3 is 5.63 Å². The topological polar surface area (TPSA) is 83.8 Å². The van der Waals surface area contributed by atoms with E-state index in [2.05, 4.69) is 15.5 Å². The molecule has 3 heterocycles. The molecule has 0 aliphatic carbocycles. The van der Waals surface area contributed by atoms with Crippen LogP contribution >= 0.6 is 0 Å². The van der Waals surface area contributed by atoms with Crippen molar-refractivity contribution < 1.29 is 13.9 Å². The van der Waals surface area contributed by atoms with Crippen LogP contribution in [0.1, 0.15) is 46.9 Å². The summed E-state index contributed by atoms with van der Waals surface area (Å²) in [5.41, 5.74) is 0.285. The van der Waals surface area contributed by atoms with Gasteiger partial charge < -0.3 is 19.8 Å². The highest BCUT2D eigenvalue weighted by atomic mass is 16.5. The number of hydrogen-bond donors (Lipinski definition) is 2. The Balaban J connectivity index is 1.54. The molecule has 1 aromatic heterocycles. The molecule has 0 bridgehead atoms. The van der Waals surface area contributed by atoms with E-state index in [1.807, 2.05) is 6.07 Å². The van der Waals surface area contributed by atoms with Gasteiger partial charge in [0.15, 0.2) is 0 Å². The van der Waals surface area contributed by atoms with Gasteiger partial charge in [-0.3, -0.25) is 9.69 Å². The second-order valence-corrected chi connectivity index (χ2v) is 7.10. The van der Waals surface area contributed by atoms with Crippen LogP contribution in [-0.2, 0) is 4.74 Å². The summed E-state index contributed by atoms with van der Waals surface area (Å²) >= 11 is 0. The number of nitrogens with zero attached hydrogens (tertiary/aromatic N) is 1. The van der Waals surface area contributed by atoms with Crippen molar-refractivity contribution in [2.24, 2.45) is 0 Å². The fourth-order valence-electron chi connectivity index (χ4n) is 3.62. The van der Waals surface area contributed by atoms with Crippen LogP contribution in [0.15, 0.2) is 15.3 Å². The van der Waals surface area contributed by atoms with Gasteiger partial charge in [-0.1, -0.05) is 0 Å². The van der Waals surface area contributed by atoms with Crippen LogP contribution in [0.2, 0.25) is 0 Å². The summed E-state index contributed by atoms with van der Waals surface area (Å²) in [6.07, 6.45) is 2.92. The van der Waals surface area contributed by atoms with E-state index in [9.17, 15) is 9.59 Å².